The first-order valence-electron chi connectivity index (χ1n) is 9.16. The number of thiocarbonyl (C=S) groups is 1. The molecule has 8 heteroatoms. The third-order valence-electron chi connectivity index (χ3n) is 4.36. The number of nitrogens with one attached hydrogen (secondary N) is 3. The lowest BCUT2D eigenvalue weighted by molar-refractivity contribution is -0.127. The van der Waals surface area contributed by atoms with Crippen LogP contribution in [0.15, 0.2) is 60.7 Å². The lowest BCUT2D eigenvalue weighted by Gasteiger charge is -2.16. The molecule has 3 N–H and O–H groups in total. The van der Waals surface area contributed by atoms with E-state index in [1.54, 1.807) is 19.1 Å². The first kappa shape index (κ1) is 22.0. The summed E-state index contributed by atoms with van der Waals surface area (Å²) in [5.41, 5.74) is 6.53. The molecule has 30 heavy (non-hydrogen) atoms. The van der Waals surface area contributed by atoms with Crippen molar-refractivity contribution < 1.29 is 14.3 Å². The van der Waals surface area contributed by atoms with Crippen LogP contribution in [0.1, 0.15) is 22.8 Å². The van der Waals surface area contributed by atoms with Crippen molar-refractivity contribution in [2.45, 2.75) is 20.0 Å². The van der Waals surface area contributed by atoms with Crippen molar-refractivity contribution in [3.8, 4) is 5.75 Å². The molecule has 0 saturated heterocycles. The predicted molar refractivity (Wildman–Crippen MR) is 129 cm³/mol. The molecule has 2 amide bonds. The van der Waals surface area contributed by atoms with E-state index in [2.05, 4.69) is 38.8 Å². The second-order valence-electron chi connectivity index (χ2n) is 6.63. The number of hydrogen-bond acceptors (Lipinski definition) is 4. The summed E-state index contributed by atoms with van der Waals surface area (Å²) in [5, 5.41) is 4.63. The maximum Gasteiger partial charge on any atom is 0.279 e. The second kappa shape index (κ2) is 9.86. The van der Waals surface area contributed by atoms with Gasteiger partial charge < -0.3 is 4.74 Å². The molecule has 3 aromatic rings. The second-order valence-corrected chi connectivity index (χ2v) is 8.20. The van der Waals surface area contributed by atoms with Crippen molar-refractivity contribution in [2.24, 2.45) is 0 Å². The predicted octanol–water partition coefficient (Wildman–Crippen LogP) is 3.86. The van der Waals surface area contributed by atoms with Gasteiger partial charge in [0.1, 0.15) is 5.75 Å². The van der Waals surface area contributed by atoms with Gasteiger partial charge in [-0.1, -0.05) is 36.4 Å². The van der Waals surface area contributed by atoms with Gasteiger partial charge in [-0.25, -0.2) is 0 Å². The van der Waals surface area contributed by atoms with Crippen molar-refractivity contribution in [3.05, 3.63) is 75.4 Å². The molecule has 0 heterocycles. The lowest BCUT2D eigenvalue weighted by Crippen LogP contribution is -2.51. The summed E-state index contributed by atoms with van der Waals surface area (Å²) in [7, 11) is 0. The van der Waals surface area contributed by atoms with Crippen molar-refractivity contribution in [3.63, 3.8) is 0 Å². The maximum absolute atomic E-state index is 12.3. The molecule has 3 aromatic carbocycles. The SMILES string of the molecule is Cc1ccc(C(=O)NC(=S)NNC(=O)C(C)Oc2ccc3ccccc3c2)cc1I. The van der Waals surface area contributed by atoms with Gasteiger partial charge in [0, 0.05) is 9.13 Å². The third kappa shape index (κ3) is 5.67. The van der Waals surface area contributed by atoms with Crippen LogP contribution < -0.4 is 20.9 Å². The highest BCUT2D eigenvalue weighted by molar-refractivity contribution is 14.1. The largest absolute Gasteiger partial charge is 0.481 e. The Morgan fingerprint density at radius 1 is 1.00 bits per heavy atom. The molecule has 0 bridgehead atoms. The number of amides is 2. The lowest BCUT2D eigenvalue weighted by atomic mass is 10.1. The number of aryl methyl sites for hydroxylation is 1. The van der Waals surface area contributed by atoms with Crippen LogP contribution in [0.25, 0.3) is 10.8 Å². The molecule has 1 atom stereocenters. The Hall–Kier alpha value is -2.72. The molecule has 0 aromatic heterocycles. The number of hydrogen-bond donors (Lipinski definition) is 3. The number of halogens is 1. The van der Waals surface area contributed by atoms with Crippen LogP contribution in [0.4, 0.5) is 0 Å². The van der Waals surface area contributed by atoms with Gasteiger partial charge in [-0.15, -0.1) is 0 Å². The zero-order valence-electron chi connectivity index (χ0n) is 16.4. The highest BCUT2D eigenvalue weighted by atomic mass is 127. The summed E-state index contributed by atoms with van der Waals surface area (Å²) in [4.78, 5) is 24.5. The van der Waals surface area contributed by atoms with E-state index in [0.29, 0.717) is 11.3 Å². The van der Waals surface area contributed by atoms with Crippen LogP contribution in [-0.2, 0) is 4.79 Å². The first-order chi connectivity index (χ1) is 14.3. The minimum absolute atomic E-state index is 0.0122. The molecule has 0 aliphatic carbocycles. The van der Waals surface area contributed by atoms with Crippen LogP contribution in [0.3, 0.4) is 0 Å². The van der Waals surface area contributed by atoms with Gasteiger partial charge in [-0.2, -0.15) is 0 Å². The third-order valence-corrected chi connectivity index (χ3v) is 5.73. The topological polar surface area (TPSA) is 79.5 Å². The molecule has 3 rings (SSSR count). The molecular weight excluding hydrogens is 513 g/mol. The van der Waals surface area contributed by atoms with E-state index in [0.717, 1.165) is 19.9 Å². The molecule has 154 valence electrons. The minimum atomic E-state index is -0.768. The Morgan fingerprint density at radius 2 is 1.73 bits per heavy atom. The number of ether oxygens (including phenoxy) is 1. The molecule has 0 fully saturated rings. The molecule has 6 nitrogen and oxygen atoms in total. The first-order valence-corrected chi connectivity index (χ1v) is 10.6. The molecule has 0 aliphatic heterocycles. The molecule has 0 saturated carbocycles. The summed E-state index contributed by atoms with van der Waals surface area (Å²) in [6.45, 7) is 3.59. The van der Waals surface area contributed by atoms with E-state index in [1.165, 1.54) is 0 Å². The molecular formula is C22H20IN3O3S. The Kier molecular flexibility index (Phi) is 7.22. The van der Waals surface area contributed by atoms with Gasteiger partial charge in [0.05, 0.1) is 0 Å². The standard InChI is InChI=1S/C22H20IN3O3S/c1-13-7-8-17(12-19(13)23)21(28)24-22(30)26-25-20(27)14(2)29-18-10-9-15-5-3-4-6-16(15)11-18/h3-12,14H,1-2H3,(H,25,27)(H2,24,26,28,30). The fourth-order valence-electron chi connectivity index (χ4n) is 2.66. The van der Waals surface area contributed by atoms with Gasteiger partial charge in [0.15, 0.2) is 11.2 Å². The van der Waals surface area contributed by atoms with E-state index in [-0.39, 0.29) is 11.0 Å². The van der Waals surface area contributed by atoms with E-state index in [9.17, 15) is 9.59 Å². The monoisotopic (exact) mass is 533 g/mol. The average molecular weight is 533 g/mol. The quantitative estimate of drug-likeness (QED) is 0.270. The Balaban J connectivity index is 1.50. The summed E-state index contributed by atoms with van der Waals surface area (Å²) in [6, 6.07) is 18.9. The summed E-state index contributed by atoms with van der Waals surface area (Å²) in [5.74, 6) is -0.203. The summed E-state index contributed by atoms with van der Waals surface area (Å²) < 4.78 is 6.69. The smallest absolute Gasteiger partial charge is 0.279 e. The Morgan fingerprint density at radius 3 is 2.47 bits per heavy atom. The maximum atomic E-state index is 12.3. The van der Waals surface area contributed by atoms with Crippen LogP contribution in [0, 0.1) is 10.5 Å². The van der Waals surface area contributed by atoms with Crippen molar-refractivity contribution in [2.75, 3.05) is 0 Å². The number of benzene rings is 3. The van der Waals surface area contributed by atoms with E-state index >= 15 is 0 Å². The Bertz CT molecular complexity index is 1120. The summed E-state index contributed by atoms with van der Waals surface area (Å²) >= 11 is 7.24. The van der Waals surface area contributed by atoms with E-state index in [1.807, 2.05) is 55.5 Å². The van der Waals surface area contributed by atoms with Gasteiger partial charge in [-0.05, 0) is 89.3 Å². The van der Waals surface area contributed by atoms with E-state index < -0.39 is 12.0 Å². The van der Waals surface area contributed by atoms with Gasteiger partial charge in [-0.3, -0.25) is 25.8 Å². The highest BCUT2D eigenvalue weighted by Crippen LogP contribution is 2.21. The van der Waals surface area contributed by atoms with Crippen LogP contribution in [0.5, 0.6) is 5.75 Å². The zero-order chi connectivity index (χ0) is 21.7. The fraction of sp³-hybridized carbons (Fsp3) is 0.136. The molecule has 1 unspecified atom stereocenters. The molecule has 0 aliphatic rings. The average Bonchev–Trinajstić information content (AvgIpc) is 2.73. The number of carbonyl (C=O) groups is 2. The number of rotatable bonds is 4. The van der Waals surface area contributed by atoms with Gasteiger partial charge in [0.25, 0.3) is 11.8 Å². The van der Waals surface area contributed by atoms with Crippen molar-refractivity contribution >= 4 is 62.5 Å². The van der Waals surface area contributed by atoms with Gasteiger partial charge >= 0.3 is 0 Å². The van der Waals surface area contributed by atoms with Gasteiger partial charge in [0.2, 0.25) is 0 Å². The van der Waals surface area contributed by atoms with Crippen molar-refractivity contribution in [1.29, 1.82) is 0 Å². The highest BCUT2D eigenvalue weighted by Gasteiger charge is 2.16. The zero-order valence-corrected chi connectivity index (χ0v) is 19.3. The van der Waals surface area contributed by atoms with Crippen LogP contribution in [0.2, 0.25) is 0 Å². The minimum Gasteiger partial charge on any atom is -0.481 e. The Labute approximate surface area is 193 Å². The molecule has 0 spiro atoms. The normalized spacial score (nSPS) is 11.4. The summed E-state index contributed by atoms with van der Waals surface area (Å²) in [6.07, 6.45) is -0.768. The fourth-order valence-corrected chi connectivity index (χ4v) is 3.32. The van der Waals surface area contributed by atoms with E-state index in [4.69, 9.17) is 17.0 Å². The molecule has 0 radical (unpaired) electrons. The number of carbonyl (C=O) groups excluding carboxylic acids is 2. The van der Waals surface area contributed by atoms with Crippen LogP contribution >= 0.6 is 34.8 Å². The van der Waals surface area contributed by atoms with Crippen LogP contribution in [-0.4, -0.2) is 23.0 Å². The number of fused-ring (bicyclic) bond motifs is 1. The van der Waals surface area contributed by atoms with Crippen molar-refractivity contribution in [1.82, 2.24) is 16.2 Å². The number of hydrazine groups is 1.